The Kier molecular flexibility index (Phi) is 3.50. The first-order valence-corrected chi connectivity index (χ1v) is 7.87. The van der Waals surface area contributed by atoms with Crippen molar-refractivity contribution in [1.29, 1.82) is 0 Å². The first-order chi connectivity index (χ1) is 11.2. The van der Waals surface area contributed by atoms with E-state index in [2.05, 4.69) is 10.6 Å². The van der Waals surface area contributed by atoms with Gasteiger partial charge in [0.2, 0.25) is 0 Å². The van der Waals surface area contributed by atoms with E-state index in [9.17, 15) is 4.79 Å². The Morgan fingerprint density at radius 2 is 1.91 bits per heavy atom. The number of para-hydroxylation sites is 1. The van der Waals surface area contributed by atoms with Crippen molar-refractivity contribution < 1.29 is 14.3 Å². The summed E-state index contributed by atoms with van der Waals surface area (Å²) in [6.45, 7) is 1.25. The first-order valence-electron chi connectivity index (χ1n) is 7.49. The highest BCUT2D eigenvalue weighted by atomic mass is 35.5. The minimum atomic E-state index is -0.351. The standard InChI is InChI=1S/C17H15ClN2O3/c18-12-3-1-2-4-13(12)19-17(21)20-15-11-6-8-22-14(11)9-10-5-7-23-16(10)15/h1-4,9H,5-8H2,(H2,19,20,21). The number of benzene rings is 2. The third-order valence-electron chi connectivity index (χ3n) is 4.01. The van der Waals surface area contributed by atoms with Crippen molar-refractivity contribution in [3.05, 3.63) is 46.5 Å². The minimum Gasteiger partial charge on any atom is -0.493 e. The number of carbonyl (C=O) groups excluding carboxylic acids is 1. The van der Waals surface area contributed by atoms with Crippen molar-refractivity contribution >= 4 is 29.0 Å². The zero-order valence-electron chi connectivity index (χ0n) is 12.3. The van der Waals surface area contributed by atoms with Crippen LogP contribution >= 0.6 is 11.6 Å². The molecule has 118 valence electrons. The van der Waals surface area contributed by atoms with E-state index in [1.165, 1.54) is 0 Å². The summed E-state index contributed by atoms with van der Waals surface area (Å²) in [7, 11) is 0. The minimum absolute atomic E-state index is 0.351. The fourth-order valence-electron chi connectivity index (χ4n) is 2.95. The summed E-state index contributed by atoms with van der Waals surface area (Å²) in [5.74, 6) is 1.59. The second-order valence-corrected chi connectivity index (χ2v) is 5.88. The number of carbonyl (C=O) groups is 1. The number of hydrogen-bond acceptors (Lipinski definition) is 3. The number of nitrogens with one attached hydrogen (secondary N) is 2. The van der Waals surface area contributed by atoms with Gasteiger partial charge in [-0.3, -0.25) is 0 Å². The molecule has 2 aromatic rings. The SMILES string of the molecule is O=C(Nc1ccccc1Cl)Nc1c2c(cc3c1OCC3)OCC2. The van der Waals surface area contributed by atoms with Crippen molar-refractivity contribution in [2.75, 3.05) is 23.8 Å². The molecule has 0 atom stereocenters. The van der Waals surface area contributed by atoms with Gasteiger partial charge in [-0.15, -0.1) is 0 Å². The summed E-state index contributed by atoms with van der Waals surface area (Å²) in [6.07, 6.45) is 1.58. The summed E-state index contributed by atoms with van der Waals surface area (Å²) < 4.78 is 11.3. The normalized spacial score (nSPS) is 14.5. The summed E-state index contributed by atoms with van der Waals surface area (Å²) in [4.78, 5) is 12.4. The van der Waals surface area contributed by atoms with Crippen molar-refractivity contribution in [2.45, 2.75) is 12.8 Å². The molecule has 2 heterocycles. The molecule has 0 saturated heterocycles. The van der Waals surface area contributed by atoms with E-state index >= 15 is 0 Å². The molecule has 0 bridgehead atoms. The highest BCUT2D eigenvalue weighted by Gasteiger charge is 2.27. The third kappa shape index (κ3) is 2.57. The van der Waals surface area contributed by atoms with Gasteiger partial charge in [-0.25, -0.2) is 4.79 Å². The van der Waals surface area contributed by atoms with Crippen LogP contribution in [0.2, 0.25) is 5.02 Å². The predicted octanol–water partition coefficient (Wildman–Crippen LogP) is 3.85. The third-order valence-corrected chi connectivity index (χ3v) is 4.34. The lowest BCUT2D eigenvalue weighted by Gasteiger charge is -2.15. The Morgan fingerprint density at radius 1 is 1.09 bits per heavy atom. The van der Waals surface area contributed by atoms with Gasteiger partial charge in [-0.05, 0) is 18.2 Å². The molecule has 5 nitrogen and oxygen atoms in total. The lowest BCUT2D eigenvalue weighted by atomic mass is 10.0. The molecule has 0 spiro atoms. The molecule has 0 aromatic heterocycles. The van der Waals surface area contributed by atoms with E-state index in [4.69, 9.17) is 21.1 Å². The Balaban J connectivity index is 1.62. The highest BCUT2D eigenvalue weighted by molar-refractivity contribution is 6.33. The van der Waals surface area contributed by atoms with Gasteiger partial charge in [0.1, 0.15) is 11.5 Å². The lowest BCUT2D eigenvalue weighted by Crippen LogP contribution is -2.20. The van der Waals surface area contributed by atoms with Crippen molar-refractivity contribution in [1.82, 2.24) is 0 Å². The van der Waals surface area contributed by atoms with Crippen LogP contribution < -0.4 is 20.1 Å². The summed E-state index contributed by atoms with van der Waals surface area (Å²) >= 11 is 6.07. The molecule has 2 aliphatic heterocycles. The molecule has 2 aliphatic rings. The van der Waals surface area contributed by atoms with E-state index in [1.54, 1.807) is 12.1 Å². The van der Waals surface area contributed by atoms with Gasteiger partial charge in [-0.2, -0.15) is 0 Å². The largest absolute Gasteiger partial charge is 0.493 e. The van der Waals surface area contributed by atoms with Crippen LogP contribution in [0, 0.1) is 0 Å². The Morgan fingerprint density at radius 3 is 2.78 bits per heavy atom. The maximum absolute atomic E-state index is 12.4. The van der Waals surface area contributed by atoms with Crippen LogP contribution in [-0.2, 0) is 12.8 Å². The van der Waals surface area contributed by atoms with Crippen LogP contribution in [-0.4, -0.2) is 19.2 Å². The molecule has 2 amide bonds. The molecule has 6 heteroatoms. The van der Waals surface area contributed by atoms with Gasteiger partial charge in [0.05, 0.1) is 29.6 Å². The van der Waals surface area contributed by atoms with Gasteiger partial charge in [0.15, 0.2) is 0 Å². The lowest BCUT2D eigenvalue weighted by molar-refractivity contribution is 0.262. The molecular formula is C17H15ClN2O3. The van der Waals surface area contributed by atoms with E-state index in [0.29, 0.717) is 29.6 Å². The Bertz CT molecular complexity index is 759. The molecule has 0 radical (unpaired) electrons. The zero-order chi connectivity index (χ0) is 15.8. The van der Waals surface area contributed by atoms with E-state index in [1.807, 2.05) is 18.2 Å². The van der Waals surface area contributed by atoms with Crippen molar-refractivity contribution in [2.24, 2.45) is 0 Å². The maximum Gasteiger partial charge on any atom is 0.323 e. The van der Waals surface area contributed by atoms with Crippen LogP contribution in [0.25, 0.3) is 0 Å². The fraction of sp³-hybridized carbons (Fsp3) is 0.235. The molecule has 23 heavy (non-hydrogen) atoms. The van der Waals surface area contributed by atoms with Gasteiger partial charge in [0, 0.05) is 24.0 Å². The van der Waals surface area contributed by atoms with Gasteiger partial charge < -0.3 is 20.1 Å². The molecule has 0 fully saturated rings. The number of urea groups is 1. The summed E-state index contributed by atoms with van der Waals surface area (Å²) in [5.41, 5.74) is 3.32. The number of halogens is 1. The quantitative estimate of drug-likeness (QED) is 0.879. The number of amides is 2. The van der Waals surface area contributed by atoms with Gasteiger partial charge in [-0.1, -0.05) is 23.7 Å². The van der Waals surface area contributed by atoms with E-state index in [0.717, 1.165) is 35.5 Å². The van der Waals surface area contributed by atoms with Gasteiger partial charge >= 0.3 is 6.03 Å². The average molecular weight is 331 g/mol. The summed E-state index contributed by atoms with van der Waals surface area (Å²) in [6, 6.07) is 8.77. The molecule has 2 N–H and O–H groups in total. The van der Waals surface area contributed by atoms with E-state index < -0.39 is 0 Å². The fourth-order valence-corrected chi connectivity index (χ4v) is 3.13. The van der Waals surface area contributed by atoms with Crippen molar-refractivity contribution in [3.63, 3.8) is 0 Å². The van der Waals surface area contributed by atoms with Crippen LogP contribution in [0.1, 0.15) is 11.1 Å². The van der Waals surface area contributed by atoms with E-state index in [-0.39, 0.29) is 6.03 Å². The monoisotopic (exact) mass is 330 g/mol. The second kappa shape index (κ2) is 5.66. The second-order valence-electron chi connectivity index (χ2n) is 5.47. The number of ether oxygens (including phenoxy) is 2. The summed E-state index contributed by atoms with van der Waals surface area (Å²) in [5, 5.41) is 6.16. The first kappa shape index (κ1) is 14.2. The molecule has 0 unspecified atom stereocenters. The number of rotatable bonds is 2. The number of fused-ring (bicyclic) bond motifs is 2. The molecule has 0 saturated carbocycles. The van der Waals surface area contributed by atoms with Crippen molar-refractivity contribution in [3.8, 4) is 11.5 Å². The zero-order valence-corrected chi connectivity index (χ0v) is 13.1. The predicted molar refractivity (Wildman–Crippen MR) is 88.9 cm³/mol. The number of anilines is 2. The van der Waals surface area contributed by atoms with Crippen LogP contribution in [0.3, 0.4) is 0 Å². The van der Waals surface area contributed by atoms with Gasteiger partial charge in [0.25, 0.3) is 0 Å². The molecule has 4 rings (SSSR count). The van der Waals surface area contributed by atoms with Crippen LogP contribution in [0.4, 0.5) is 16.2 Å². The average Bonchev–Trinajstić information content (AvgIpc) is 3.18. The number of hydrogen-bond donors (Lipinski definition) is 2. The molecular weight excluding hydrogens is 316 g/mol. The Labute approximate surface area is 138 Å². The highest BCUT2D eigenvalue weighted by Crippen LogP contribution is 2.44. The van der Waals surface area contributed by atoms with Crippen LogP contribution in [0.5, 0.6) is 11.5 Å². The smallest absolute Gasteiger partial charge is 0.323 e. The topological polar surface area (TPSA) is 59.6 Å². The molecule has 2 aromatic carbocycles. The van der Waals surface area contributed by atoms with Crippen LogP contribution in [0.15, 0.2) is 30.3 Å². The Hall–Kier alpha value is -2.40. The maximum atomic E-state index is 12.4. The molecule has 0 aliphatic carbocycles.